The Bertz CT molecular complexity index is 482. The summed E-state index contributed by atoms with van der Waals surface area (Å²) >= 11 is 0. The highest BCUT2D eigenvalue weighted by atomic mass is 16.5. The zero-order chi connectivity index (χ0) is 15.4. The molecule has 122 valence electrons. The minimum atomic E-state index is 0.0461. The van der Waals surface area contributed by atoms with Gasteiger partial charge in [-0.25, -0.2) is 0 Å². The number of para-hydroxylation sites is 1. The first-order chi connectivity index (χ1) is 10.7. The monoisotopic (exact) mass is 303 g/mol. The predicted octanol–water partition coefficient (Wildman–Crippen LogP) is 3.82. The van der Waals surface area contributed by atoms with Crippen molar-refractivity contribution in [2.45, 2.75) is 63.5 Å². The Labute approximate surface area is 134 Å². The lowest BCUT2D eigenvalue weighted by Crippen LogP contribution is -2.46. The first-order valence-electron chi connectivity index (χ1n) is 8.85. The predicted molar refractivity (Wildman–Crippen MR) is 89.1 cm³/mol. The van der Waals surface area contributed by atoms with Crippen LogP contribution in [0.2, 0.25) is 0 Å². The minimum absolute atomic E-state index is 0.0461. The first-order valence-corrected chi connectivity index (χ1v) is 8.85. The summed E-state index contributed by atoms with van der Waals surface area (Å²) in [6.45, 7) is 3.43. The molecule has 2 unspecified atom stereocenters. The third-order valence-corrected chi connectivity index (χ3v) is 5.30. The van der Waals surface area contributed by atoms with E-state index in [1.807, 2.05) is 0 Å². The van der Waals surface area contributed by atoms with E-state index < -0.39 is 0 Å². The molecule has 22 heavy (non-hydrogen) atoms. The van der Waals surface area contributed by atoms with E-state index in [4.69, 9.17) is 9.84 Å². The third-order valence-electron chi connectivity index (χ3n) is 5.30. The van der Waals surface area contributed by atoms with Gasteiger partial charge in [-0.2, -0.15) is 0 Å². The van der Waals surface area contributed by atoms with Crippen molar-refractivity contribution in [2.24, 2.45) is 5.92 Å². The molecule has 1 aromatic rings. The van der Waals surface area contributed by atoms with Crippen molar-refractivity contribution in [3.63, 3.8) is 0 Å². The molecule has 1 aliphatic carbocycles. The number of aliphatic hydroxyl groups is 1. The Hall–Kier alpha value is -1.06. The van der Waals surface area contributed by atoms with Crippen molar-refractivity contribution in [1.82, 2.24) is 5.32 Å². The maximum atomic E-state index is 9.08. The summed E-state index contributed by atoms with van der Waals surface area (Å²) in [5, 5.41) is 12.8. The van der Waals surface area contributed by atoms with Crippen LogP contribution in [-0.4, -0.2) is 23.9 Å². The molecule has 0 radical (unpaired) electrons. The van der Waals surface area contributed by atoms with E-state index in [0.717, 1.165) is 25.1 Å². The van der Waals surface area contributed by atoms with Gasteiger partial charge in [-0.1, -0.05) is 31.5 Å². The zero-order valence-electron chi connectivity index (χ0n) is 13.7. The van der Waals surface area contributed by atoms with E-state index >= 15 is 0 Å². The van der Waals surface area contributed by atoms with Crippen LogP contribution in [0.3, 0.4) is 0 Å². The molecule has 2 atom stereocenters. The smallest absolute Gasteiger partial charge is 0.124 e. The molecule has 1 saturated carbocycles. The Morgan fingerprint density at radius 3 is 2.82 bits per heavy atom. The summed E-state index contributed by atoms with van der Waals surface area (Å²) in [6, 6.07) is 8.87. The number of ether oxygens (including phenoxy) is 1. The molecule has 2 aliphatic rings. The van der Waals surface area contributed by atoms with Crippen LogP contribution in [0.5, 0.6) is 5.75 Å². The minimum Gasteiger partial charge on any atom is -0.487 e. The Morgan fingerprint density at radius 2 is 2.05 bits per heavy atom. The van der Waals surface area contributed by atoms with Crippen LogP contribution in [0.25, 0.3) is 0 Å². The highest BCUT2D eigenvalue weighted by molar-refractivity contribution is 5.39. The van der Waals surface area contributed by atoms with E-state index in [0.29, 0.717) is 12.0 Å². The van der Waals surface area contributed by atoms with Crippen LogP contribution in [0.15, 0.2) is 24.3 Å². The molecule has 1 fully saturated rings. The Morgan fingerprint density at radius 1 is 1.27 bits per heavy atom. The fourth-order valence-electron chi connectivity index (χ4n) is 3.97. The van der Waals surface area contributed by atoms with Crippen LogP contribution in [0.1, 0.15) is 63.5 Å². The summed E-state index contributed by atoms with van der Waals surface area (Å²) in [5.41, 5.74) is 1.35. The molecule has 1 spiro atoms. The fourth-order valence-corrected chi connectivity index (χ4v) is 3.97. The van der Waals surface area contributed by atoms with Crippen LogP contribution >= 0.6 is 0 Å². The van der Waals surface area contributed by atoms with Crippen LogP contribution < -0.4 is 10.1 Å². The molecule has 0 bridgehead atoms. The number of aliphatic hydroxyl groups excluding tert-OH is 1. The van der Waals surface area contributed by atoms with E-state index in [2.05, 4.69) is 36.5 Å². The molecule has 0 aromatic heterocycles. The lowest BCUT2D eigenvalue weighted by molar-refractivity contribution is -0.00312. The maximum Gasteiger partial charge on any atom is 0.124 e. The second-order valence-electron chi connectivity index (χ2n) is 7.17. The van der Waals surface area contributed by atoms with Gasteiger partial charge in [0.1, 0.15) is 11.4 Å². The fraction of sp³-hybridized carbons (Fsp3) is 0.684. The van der Waals surface area contributed by atoms with E-state index in [9.17, 15) is 0 Å². The van der Waals surface area contributed by atoms with Crippen LogP contribution in [0, 0.1) is 5.92 Å². The molecule has 0 saturated heterocycles. The summed E-state index contributed by atoms with van der Waals surface area (Å²) in [7, 11) is 0. The lowest BCUT2D eigenvalue weighted by Gasteiger charge is -2.45. The number of hydrogen-bond donors (Lipinski definition) is 2. The second kappa shape index (κ2) is 7.01. The highest BCUT2D eigenvalue weighted by Crippen LogP contribution is 2.45. The Kier molecular flexibility index (Phi) is 5.04. The maximum absolute atomic E-state index is 9.08. The lowest BCUT2D eigenvalue weighted by atomic mass is 9.77. The molecule has 3 heteroatoms. The van der Waals surface area contributed by atoms with Gasteiger partial charge >= 0.3 is 0 Å². The molecule has 0 amide bonds. The third kappa shape index (κ3) is 3.47. The molecular weight excluding hydrogens is 274 g/mol. The summed E-state index contributed by atoms with van der Waals surface area (Å²) in [5.74, 6) is 1.57. The van der Waals surface area contributed by atoms with Crippen molar-refractivity contribution >= 4 is 0 Å². The molecule has 3 nitrogen and oxygen atoms in total. The van der Waals surface area contributed by atoms with E-state index in [-0.39, 0.29) is 12.2 Å². The van der Waals surface area contributed by atoms with Gasteiger partial charge in [0.05, 0.1) is 0 Å². The molecule has 1 aliphatic heterocycles. The number of rotatable bonds is 5. The Balaban J connectivity index is 1.75. The number of nitrogens with one attached hydrogen (secondary N) is 1. The normalized spacial score (nSPS) is 24.5. The zero-order valence-corrected chi connectivity index (χ0v) is 13.7. The summed E-state index contributed by atoms with van der Waals surface area (Å²) in [4.78, 5) is 0. The van der Waals surface area contributed by atoms with Gasteiger partial charge in [-0.15, -0.1) is 0 Å². The molecule has 1 heterocycles. The van der Waals surface area contributed by atoms with Crippen molar-refractivity contribution in [1.29, 1.82) is 0 Å². The van der Waals surface area contributed by atoms with Gasteiger partial charge in [0, 0.05) is 24.6 Å². The van der Waals surface area contributed by atoms with E-state index in [1.54, 1.807) is 0 Å². The number of benzene rings is 1. The first kappa shape index (κ1) is 15.8. The summed E-state index contributed by atoms with van der Waals surface area (Å²) < 4.78 is 6.46. The van der Waals surface area contributed by atoms with Crippen molar-refractivity contribution < 1.29 is 9.84 Å². The average Bonchev–Trinajstić information content (AvgIpc) is 2.53. The quantitative estimate of drug-likeness (QED) is 0.869. The number of hydrogen-bond acceptors (Lipinski definition) is 3. The van der Waals surface area contributed by atoms with Gasteiger partial charge < -0.3 is 15.2 Å². The SMILES string of the molecule is CC(CCO)CNC1CC2(CCCCC2)Oc2ccccc21. The van der Waals surface area contributed by atoms with Gasteiger partial charge in [0.15, 0.2) is 0 Å². The van der Waals surface area contributed by atoms with Gasteiger partial charge in [0.2, 0.25) is 0 Å². The standard InChI is InChI=1S/C19H29NO2/c1-15(9-12-21)14-20-17-13-19(10-5-2-6-11-19)22-18-8-4-3-7-16(17)18/h3-4,7-8,15,17,20-21H,2,5-6,9-14H2,1H3. The molecule has 2 N–H and O–H groups in total. The molecule has 3 rings (SSSR count). The highest BCUT2D eigenvalue weighted by Gasteiger charge is 2.41. The molecular formula is C19H29NO2. The van der Waals surface area contributed by atoms with Crippen molar-refractivity contribution in [2.75, 3.05) is 13.2 Å². The molecule has 1 aromatic carbocycles. The average molecular weight is 303 g/mol. The number of fused-ring (bicyclic) bond motifs is 1. The van der Waals surface area contributed by atoms with Crippen molar-refractivity contribution in [3.8, 4) is 5.75 Å². The summed E-state index contributed by atoms with van der Waals surface area (Å²) in [6.07, 6.45) is 8.24. The van der Waals surface area contributed by atoms with Gasteiger partial charge in [0.25, 0.3) is 0 Å². The topological polar surface area (TPSA) is 41.5 Å². The van der Waals surface area contributed by atoms with Gasteiger partial charge in [-0.05, 0) is 50.6 Å². The van der Waals surface area contributed by atoms with Crippen molar-refractivity contribution in [3.05, 3.63) is 29.8 Å². The largest absolute Gasteiger partial charge is 0.487 e. The van der Waals surface area contributed by atoms with Crippen LogP contribution in [-0.2, 0) is 0 Å². The van der Waals surface area contributed by atoms with Gasteiger partial charge in [-0.3, -0.25) is 0 Å². The second-order valence-corrected chi connectivity index (χ2v) is 7.17. The van der Waals surface area contributed by atoms with Crippen LogP contribution in [0.4, 0.5) is 0 Å². The van der Waals surface area contributed by atoms with E-state index in [1.165, 1.54) is 37.7 Å².